The van der Waals surface area contributed by atoms with Gasteiger partial charge in [0.05, 0.1) is 23.8 Å². The lowest BCUT2D eigenvalue weighted by molar-refractivity contribution is 0.0954. The van der Waals surface area contributed by atoms with Crippen LogP contribution in [0.25, 0.3) is 11.0 Å². The molecule has 0 saturated heterocycles. The van der Waals surface area contributed by atoms with Crippen molar-refractivity contribution in [3.05, 3.63) is 76.1 Å². The lowest BCUT2D eigenvalue weighted by Gasteiger charge is -2.06. The molecule has 6 nitrogen and oxygen atoms in total. The number of para-hydroxylation sites is 1. The fraction of sp³-hybridized carbons (Fsp3) is 0.150. The van der Waals surface area contributed by atoms with Gasteiger partial charge in [0.15, 0.2) is 0 Å². The van der Waals surface area contributed by atoms with Gasteiger partial charge in [-0.1, -0.05) is 25.1 Å². The zero-order valence-electron chi connectivity index (χ0n) is 14.3. The van der Waals surface area contributed by atoms with Crippen LogP contribution in [0, 0.1) is 0 Å². The number of carbonyl (C=O) groups excluding carboxylic acids is 1. The first-order chi connectivity index (χ1) is 12.7. The van der Waals surface area contributed by atoms with Crippen molar-refractivity contribution in [2.45, 2.75) is 13.3 Å². The van der Waals surface area contributed by atoms with Gasteiger partial charge in [-0.25, -0.2) is 5.43 Å². The predicted molar refractivity (Wildman–Crippen MR) is 99.8 cm³/mol. The van der Waals surface area contributed by atoms with Crippen LogP contribution in [0.5, 0.6) is 5.75 Å². The molecule has 0 radical (unpaired) electrons. The molecule has 3 aromatic rings. The second kappa shape index (κ2) is 8.11. The number of rotatable bonds is 6. The molecule has 1 heterocycles. The minimum atomic E-state index is -0.395. The summed E-state index contributed by atoms with van der Waals surface area (Å²) in [6.07, 6.45) is 3.47. The Morgan fingerprint density at radius 3 is 2.92 bits per heavy atom. The minimum absolute atomic E-state index is 0.209. The van der Waals surface area contributed by atoms with Crippen LogP contribution in [0.15, 0.2) is 69.1 Å². The van der Waals surface area contributed by atoms with Gasteiger partial charge in [-0.15, -0.1) is 0 Å². The quantitative estimate of drug-likeness (QED) is 0.546. The Bertz CT molecular complexity index is 1010. The molecule has 0 unspecified atom stereocenters. The third kappa shape index (κ3) is 3.97. The molecule has 1 N–H and O–H groups in total. The average molecular weight is 350 g/mol. The molecule has 0 bridgehead atoms. The van der Waals surface area contributed by atoms with Crippen LogP contribution < -0.4 is 15.6 Å². The van der Waals surface area contributed by atoms with E-state index in [1.165, 1.54) is 12.5 Å². The van der Waals surface area contributed by atoms with Gasteiger partial charge in [-0.3, -0.25) is 9.59 Å². The minimum Gasteiger partial charge on any atom is -0.494 e. The number of nitrogens with zero attached hydrogens (tertiary/aromatic N) is 1. The van der Waals surface area contributed by atoms with Gasteiger partial charge in [0.1, 0.15) is 17.6 Å². The van der Waals surface area contributed by atoms with Crippen molar-refractivity contribution in [3.8, 4) is 5.75 Å². The topological polar surface area (TPSA) is 80.9 Å². The normalized spacial score (nSPS) is 11.0. The summed E-state index contributed by atoms with van der Waals surface area (Å²) in [7, 11) is 0. The van der Waals surface area contributed by atoms with Crippen molar-refractivity contribution in [3.63, 3.8) is 0 Å². The Hall–Kier alpha value is -3.41. The number of nitrogens with one attached hydrogen (secondary N) is 1. The van der Waals surface area contributed by atoms with E-state index in [-0.39, 0.29) is 11.0 Å². The third-order valence-corrected chi connectivity index (χ3v) is 3.65. The van der Waals surface area contributed by atoms with Crippen LogP contribution in [0.3, 0.4) is 0 Å². The van der Waals surface area contributed by atoms with E-state index in [9.17, 15) is 9.59 Å². The number of benzene rings is 2. The number of hydrazone groups is 1. The molecule has 0 fully saturated rings. The van der Waals surface area contributed by atoms with Crippen LogP contribution in [-0.2, 0) is 0 Å². The predicted octanol–water partition coefficient (Wildman–Crippen LogP) is 3.35. The van der Waals surface area contributed by atoms with Crippen molar-refractivity contribution < 1.29 is 13.9 Å². The van der Waals surface area contributed by atoms with Crippen LogP contribution in [0.2, 0.25) is 0 Å². The fourth-order valence-corrected chi connectivity index (χ4v) is 2.35. The van der Waals surface area contributed by atoms with Gasteiger partial charge < -0.3 is 9.15 Å². The molecule has 2 aromatic carbocycles. The maximum atomic E-state index is 12.3. The highest BCUT2D eigenvalue weighted by Crippen LogP contribution is 2.13. The first-order valence-corrected chi connectivity index (χ1v) is 8.26. The van der Waals surface area contributed by atoms with E-state index >= 15 is 0 Å². The summed E-state index contributed by atoms with van der Waals surface area (Å²) in [6.45, 7) is 2.59. The molecule has 0 aliphatic rings. The maximum Gasteiger partial charge on any atom is 0.271 e. The molecule has 1 aromatic heterocycles. The standard InChI is InChI=1S/C20H18N2O4/c1-2-10-25-16-7-5-6-14(11-16)20(24)22-21-12-15-13-26-18-9-4-3-8-17(18)19(15)23/h3-9,11-13H,2,10H2,1H3,(H,22,24)/b21-12-. The summed E-state index contributed by atoms with van der Waals surface area (Å²) in [5, 5.41) is 4.31. The fourth-order valence-electron chi connectivity index (χ4n) is 2.35. The highest BCUT2D eigenvalue weighted by Gasteiger charge is 2.07. The van der Waals surface area contributed by atoms with Crippen molar-refractivity contribution >= 4 is 23.1 Å². The lowest BCUT2D eigenvalue weighted by Crippen LogP contribution is -2.18. The van der Waals surface area contributed by atoms with Crippen molar-refractivity contribution in [1.29, 1.82) is 0 Å². The van der Waals surface area contributed by atoms with E-state index in [2.05, 4.69) is 10.5 Å². The molecule has 0 saturated carbocycles. The highest BCUT2D eigenvalue weighted by molar-refractivity contribution is 5.95. The zero-order chi connectivity index (χ0) is 18.4. The van der Waals surface area contributed by atoms with E-state index in [0.717, 1.165) is 6.42 Å². The van der Waals surface area contributed by atoms with Gasteiger partial charge in [-0.05, 0) is 36.8 Å². The second-order valence-electron chi connectivity index (χ2n) is 5.59. The number of hydrogen-bond donors (Lipinski definition) is 1. The largest absolute Gasteiger partial charge is 0.494 e. The van der Waals surface area contributed by atoms with E-state index in [4.69, 9.17) is 9.15 Å². The summed E-state index contributed by atoms with van der Waals surface area (Å²) in [5.74, 6) is 0.229. The van der Waals surface area contributed by atoms with Gasteiger partial charge in [0, 0.05) is 5.56 Å². The summed E-state index contributed by atoms with van der Waals surface area (Å²) in [5.41, 5.74) is 3.37. The first kappa shape index (κ1) is 17.4. The van der Waals surface area contributed by atoms with Crippen molar-refractivity contribution in [1.82, 2.24) is 5.43 Å². The van der Waals surface area contributed by atoms with Crippen LogP contribution in [0.4, 0.5) is 0 Å². The Morgan fingerprint density at radius 1 is 1.23 bits per heavy atom. The van der Waals surface area contributed by atoms with Crippen molar-refractivity contribution in [2.24, 2.45) is 5.10 Å². The molecule has 0 spiro atoms. The van der Waals surface area contributed by atoms with Crippen LogP contribution in [-0.4, -0.2) is 18.7 Å². The molecule has 132 valence electrons. The SMILES string of the molecule is CCCOc1cccc(C(=O)N/N=C\c2coc3ccccc3c2=O)c1. The summed E-state index contributed by atoms with van der Waals surface area (Å²) in [4.78, 5) is 24.5. The van der Waals surface area contributed by atoms with Crippen molar-refractivity contribution in [2.75, 3.05) is 6.61 Å². The van der Waals surface area contributed by atoms with E-state index in [1.807, 2.05) is 6.92 Å². The lowest BCUT2D eigenvalue weighted by atomic mass is 10.2. The van der Waals surface area contributed by atoms with Gasteiger partial charge >= 0.3 is 0 Å². The van der Waals surface area contributed by atoms with Crippen LogP contribution >= 0.6 is 0 Å². The van der Waals surface area contributed by atoms with E-state index in [0.29, 0.717) is 28.9 Å². The van der Waals surface area contributed by atoms with E-state index in [1.54, 1.807) is 48.5 Å². The van der Waals surface area contributed by atoms with Gasteiger partial charge in [0.25, 0.3) is 5.91 Å². The molecular formula is C20H18N2O4. The highest BCUT2D eigenvalue weighted by atomic mass is 16.5. The smallest absolute Gasteiger partial charge is 0.271 e. The van der Waals surface area contributed by atoms with Crippen LogP contribution in [0.1, 0.15) is 29.3 Å². The number of ether oxygens (including phenoxy) is 1. The van der Waals surface area contributed by atoms with Gasteiger partial charge in [-0.2, -0.15) is 5.10 Å². The molecule has 3 rings (SSSR count). The molecular weight excluding hydrogens is 332 g/mol. The van der Waals surface area contributed by atoms with Gasteiger partial charge in [0.2, 0.25) is 5.43 Å². The number of hydrogen-bond acceptors (Lipinski definition) is 5. The molecule has 0 aliphatic carbocycles. The molecule has 0 atom stereocenters. The number of carbonyl (C=O) groups is 1. The Balaban J connectivity index is 1.71. The maximum absolute atomic E-state index is 12.3. The zero-order valence-corrected chi connectivity index (χ0v) is 14.3. The monoisotopic (exact) mass is 350 g/mol. The summed E-state index contributed by atoms with van der Waals surface area (Å²) < 4.78 is 10.9. The van der Waals surface area contributed by atoms with E-state index < -0.39 is 5.91 Å². The molecule has 26 heavy (non-hydrogen) atoms. The molecule has 0 aliphatic heterocycles. The summed E-state index contributed by atoms with van der Waals surface area (Å²) in [6, 6.07) is 13.8. The first-order valence-electron chi connectivity index (χ1n) is 8.26. The third-order valence-electron chi connectivity index (χ3n) is 3.65. The second-order valence-corrected chi connectivity index (χ2v) is 5.59. The summed E-state index contributed by atoms with van der Waals surface area (Å²) >= 11 is 0. The average Bonchev–Trinajstić information content (AvgIpc) is 2.68. The Morgan fingerprint density at radius 2 is 2.08 bits per heavy atom. The Kier molecular flexibility index (Phi) is 5.43. The Labute approximate surface area is 150 Å². The molecule has 6 heteroatoms. The molecule has 1 amide bonds. The number of fused-ring (bicyclic) bond motifs is 1. The number of amides is 1.